The van der Waals surface area contributed by atoms with Crippen LogP contribution in [0.25, 0.3) is 0 Å². The minimum atomic E-state index is -0.789. The maximum absolute atomic E-state index is 12.7. The number of carbonyl (C=O) groups is 3. The maximum atomic E-state index is 12.7. The Hall–Kier alpha value is -3.15. The van der Waals surface area contributed by atoms with Crippen molar-refractivity contribution in [2.45, 2.75) is 258 Å². The van der Waals surface area contributed by atoms with Gasteiger partial charge in [0.25, 0.3) is 0 Å². The monoisotopic (exact) mass is 879 g/mol. The van der Waals surface area contributed by atoms with Gasteiger partial charge in [0.1, 0.15) is 13.2 Å². The van der Waals surface area contributed by atoms with Gasteiger partial charge in [-0.25, -0.2) is 0 Å². The van der Waals surface area contributed by atoms with Crippen molar-refractivity contribution in [1.82, 2.24) is 0 Å². The van der Waals surface area contributed by atoms with Gasteiger partial charge < -0.3 is 14.2 Å². The fourth-order valence-electron chi connectivity index (χ4n) is 7.23. The molecule has 1 unspecified atom stereocenters. The fourth-order valence-corrected chi connectivity index (χ4v) is 7.23. The summed E-state index contributed by atoms with van der Waals surface area (Å²) in [7, 11) is 0. The van der Waals surface area contributed by atoms with E-state index in [1.165, 1.54) is 109 Å². The van der Waals surface area contributed by atoms with Gasteiger partial charge in [-0.15, -0.1) is 0 Å². The molecule has 0 aliphatic rings. The van der Waals surface area contributed by atoms with Gasteiger partial charge >= 0.3 is 17.9 Å². The largest absolute Gasteiger partial charge is 0.462 e. The molecule has 0 spiro atoms. The molecule has 0 aromatic rings. The van der Waals surface area contributed by atoms with E-state index in [0.29, 0.717) is 12.8 Å². The molecule has 0 fully saturated rings. The molecule has 0 saturated carbocycles. The van der Waals surface area contributed by atoms with Crippen LogP contribution in [0, 0.1) is 0 Å². The van der Waals surface area contributed by atoms with Gasteiger partial charge in [-0.2, -0.15) is 0 Å². The van der Waals surface area contributed by atoms with Gasteiger partial charge in [0.05, 0.1) is 0 Å². The Bertz CT molecular complexity index is 1190. The Labute approximate surface area is 389 Å². The Kier molecular flexibility index (Phi) is 48.9. The van der Waals surface area contributed by atoms with Crippen molar-refractivity contribution in [3.63, 3.8) is 0 Å². The van der Waals surface area contributed by atoms with Gasteiger partial charge in [0.2, 0.25) is 0 Å². The molecular formula is C57H98O6. The van der Waals surface area contributed by atoms with Crippen LogP contribution in [-0.4, -0.2) is 37.2 Å². The minimum Gasteiger partial charge on any atom is -0.462 e. The predicted molar refractivity (Wildman–Crippen MR) is 270 cm³/mol. The second-order valence-electron chi connectivity index (χ2n) is 17.4. The van der Waals surface area contributed by atoms with Gasteiger partial charge in [-0.3, -0.25) is 14.4 Å². The zero-order valence-corrected chi connectivity index (χ0v) is 41.3. The Morgan fingerprint density at radius 1 is 0.333 bits per heavy atom. The maximum Gasteiger partial charge on any atom is 0.306 e. The highest BCUT2D eigenvalue weighted by Gasteiger charge is 2.19. The van der Waals surface area contributed by atoms with E-state index in [2.05, 4.69) is 93.7 Å². The highest BCUT2D eigenvalue weighted by atomic mass is 16.6. The lowest BCUT2D eigenvalue weighted by molar-refractivity contribution is -0.167. The summed E-state index contributed by atoms with van der Waals surface area (Å²) in [4.78, 5) is 37.7. The van der Waals surface area contributed by atoms with Crippen molar-refractivity contribution >= 4 is 17.9 Å². The SMILES string of the molecule is CC/C=C\C/C=C\C/C=C\C/C=C\C/C=C\CCCCCC(=O)OC(COC(=O)CCCCCCC)COC(=O)CCCCCCCCCCC/C=C\CCCCCCCCCC. The first-order valence-corrected chi connectivity index (χ1v) is 26.4. The third-order valence-corrected chi connectivity index (χ3v) is 11.2. The molecule has 1 atom stereocenters. The number of ether oxygens (including phenoxy) is 3. The standard InChI is InChI=1S/C57H98O6/c1-4-7-10-13-15-17-19-21-23-25-27-28-30-31-33-35-37-39-41-44-47-50-56(59)62-53-54(52-61-55(58)49-46-43-12-9-6-3)63-57(60)51-48-45-42-40-38-36-34-32-29-26-24-22-20-18-16-14-11-8-5-2/h8,11,16,18,22,24-25,27,29,32,36,38,54H,4-7,9-10,12-15,17,19-21,23,26,28,30-31,33-35,37,39-53H2,1-3H3/b11-8-,18-16-,24-22-,27-25-,32-29-,38-36-. The van der Waals surface area contributed by atoms with Gasteiger partial charge in [-0.1, -0.05) is 216 Å². The first kappa shape index (κ1) is 59.9. The van der Waals surface area contributed by atoms with Crippen molar-refractivity contribution in [2.75, 3.05) is 13.2 Å². The number of hydrogen-bond acceptors (Lipinski definition) is 6. The van der Waals surface area contributed by atoms with Crippen molar-refractivity contribution in [3.8, 4) is 0 Å². The van der Waals surface area contributed by atoms with E-state index in [1.807, 2.05) is 0 Å². The van der Waals surface area contributed by atoms with E-state index in [9.17, 15) is 14.4 Å². The lowest BCUT2D eigenvalue weighted by Crippen LogP contribution is -2.30. The molecule has 0 bridgehead atoms. The lowest BCUT2D eigenvalue weighted by Gasteiger charge is -2.18. The molecule has 0 aromatic carbocycles. The summed E-state index contributed by atoms with van der Waals surface area (Å²) < 4.78 is 16.7. The first-order valence-electron chi connectivity index (χ1n) is 26.4. The molecule has 0 amide bonds. The molecule has 0 radical (unpaired) electrons. The van der Waals surface area contributed by atoms with Crippen LogP contribution >= 0.6 is 0 Å². The van der Waals surface area contributed by atoms with Crippen molar-refractivity contribution in [2.24, 2.45) is 0 Å². The lowest BCUT2D eigenvalue weighted by atomic mass is 10.1. The Morgan fingerprint density at radius 3 is 1.00 bits per heavy atom. The van der Waals surface area contributed by atoms with Crippen LogP contribution in [0.15, 0.2) is 72.9 Å². The molecule has 0 N–H and O–H groups in total. The predicted octanol–water partition coefficient (Wildman–Crippen LogP) is 17.4. The van der Waals surface area contributed by atoms with Crippen LogP contribution in [0.1, 0.15) is 252 Å². The number of esters is 3. The summed E-state index contributed by atoms with van der Waals surface area (Å²) >= 11 is 0. The molecule has 0 heterocycles. The smallest absolute Gasteiger partial charge is 0.306 e. The molecule has 6 nitrogen and oxygen atoms in total. The van der Waals surface area contributed by atoms with Crippen LogP contribution < -0.4 is 0 Å². The average molecular weight is 879 g/mol. The summed E-state index contributed by atoms with van der Waals surface area (Å²) in [6.45, 7) is 6.42. The quantitative estimate of drug-likeness (QED) is 0.0262. The van der Waals surface area contributed by atoms with Crippen LogP contribution in [0.4, 0.5) is 0 Å². The zero-order chi connectivity index (χ0) is 45.8. The van der Waals surface area contributed by atoms with E-state index < -0.39 is 6.10 Å². The number of hydrogen-bond donors (Lipinski definition) is 0. The summed E-state index contributed by atoms with van der Waals surface area (Å²) in [6, 6.07) is 0. The van der Waals surface area contributed by atoms with Gasteiger partial charge in [0.15, 0.2) is 6.10 Å². The molecule has 362 valence electrons. The van der Waals surface area contributed by atoms with Crippen molar-refractivity contribution in [3.05, 3.63) is 72.9 Å². The number of carbonyl (C=O) groups excluding carboxylic acids is 3. The molecule has 0 aliphatic heterocycles. The molecular weight excluding hydrogens is 781 g/mol. The molecule has 0 aliphatic carbocycles. The highest BCUT2D eigenvalue weighted by molar-refractivity contribution is 5.71. The van der Waals surface area contributed by atoms with E-state index in [0.717, 1.165) is 103 Å². The minimum absolute atomic E-state index is 0.0898. The summed E-state index contributed by atoms with van der Waals surface area (Å²) in [5.74, 6) is -0.936. The Balaban J connectivity index is 4.20. The summed E-state index contributed by atoms with van der Waals surface area (Å²) in [5.41, 5.74) is 0. The highest BCUT2D eigenvalue weighted by Crippen LogP contribution is 2.14. The topological polar surface area (TPSA) is 78.9 Å². The number of allylic oxidation sites excluding steroid dienone is 12. The van der Waals surface area contributed by atoms with Crippen LogP contribution in [0.5, 0.6) is 0 Å². The third kappa shape index (κ3) is 49.7. The van der Waals surface area contributed by atoms with E-state index >= 15 is 0 Å². The number of unbranched alkanes of at least 4 members (excludes halogenated alkanes) is 24. The second-order valence-corrected chi connectivity index (χ2v) is 17.4. The Morgan fingerprint density at radius 2 is 0.619 bits per heavy atom. The molecule has 0 saturated heterocycles. The third-order valence-electron chi connectivity index (χ3n) is 11.2. The molecule has 63 heavy (non-hydrogen) atoms. The summed E-state index contributed by atoms with van der Waals surface area (Å²) in [5, 5.41) is 0. The van der Waals surface area contributed by atoms with Crippen molar-refractivity contribution < 1.29 is 28.6 Å². The van der Waals surface area contributed by atoms with Gasteiger partial charge in [-0.05, 0) is 89.9 Å². The fraction of sp³-hybridized carbons (Fsp3) is 0.737. The normalized spacial score (nSPS) is 12.6. The van der Waals surface area contributed by atoms with Crippen LogP contribution in [-0.2, 0) is 28.6 Å². The average Bonchev–Trinajstić information content (AvgIpc) is 3.28. The second kappa shape index (κ2) is 51.5. The molecule has 6 heteroatoms. The summed E-state index contributed by atoms with van der Waals surface area (Å²) in [6.07, 6.45) is 65.0. The molecule has 0 rings (SSSR count). The van der Waals surface area contributed by atoms with E-state index in [-0.39, 0.29) is 37.5 Å². The zero-order valence-electron chi connectivity index (χ0n) is 41.3. The van der Waals surface area contributed by atoms with Gasteiger partial charge in [0, 0.05) is 19.3 Å². The first-order chi connectivity index (χ1) is 31.0. The molecule has 0 aromatic heterocycles. The van der Waals surface area contributed by atoms with E-state index in [1.54, 1.807) is 0 Å². The van der Waals surface area contributed by atoms with Crippen LogP contribution in [0.3, 0.4) is 0 Å². The number of rotatable bonds is 47. The van der Waals surface area contributed by atoms with Crippen LogP contribution in [0.2, 0.25) is 0 Å². The van der Waals surface area contributed by atoms with Crippen molar-refractivity contribution in [1.29, 1.82) is 0 Å². The van der Waals surface area contributed by atoms with E-state index in [4.69, 9.17) is 14.2 Å².